The second kappa shape index (κ2) is 11.5. The van der Waals surface area contributed by atoms with Crippen LogP contribution in [0.15, 0.2) is 70.1 Å². The Morgan fingerprint density at radius 2 is 1.98 bits per heavy atom. The average Bonchev–Trinajstić information content (AvgIpc) is 3.55. The summed E-state index contributed by atoms with van der Waals surface area (Å²) in [6.07, 6.45) is -1.53. The maximum Gasteiger partial charge on any atom is 0.394 e. The lowest BCUT2D eigenvalue weighted by atomic mass is 9.96. The number of nitrogens with one attached hydrogen (secondary N) is 2. The average molecular weight is 577 g/mol. The molecule has 1 aromatic carbocycles. The van der Waals surface area contributed by atoms with Gasteiger partial charge in [-0.1, -0.05) is 5.92 Å². The molecule has 40 heavy (non-hydrogen) atoms. The summed E-state index contributed by atoms with van der Waals surface area (Å²) in [6.45, 7) is 4.98. The number of ether oxygens (including phenoxy) is 1. The van der Waals surface area contributed by atoms with Crippen LogP contribution in [-0.4, -0.2) is 56.1 Å². The van der Waals surface area contributed by atoms with Gasteiger partial charge in [0.25, 0.3) is 10.0 Å². The molecule has 0 spiro atoms. The smallest absolute Gasteiger partial charge is 0.394 e. The number of aromatic nitrogens is 3. The molecule has 2 N–H and O–H groups in total. The number of hydrogen-bond acceptors (Lipinski definition) is 7. The predicted octanol–water partition coefficient (Wildman–Crippen LogP) is 3.52. The Kier molecular flexibility index (Phi) is 8.26. The van der Waals surface area contributed by atoms with E-state index in [1.807, 2.05) is 0 Å². The first-order valence-corrected chi connectivity index (χ1v) is 13.3. The largest absolute Gasteiger partial charge is 0.480 e. The minimum atomic E-state index is -4.36. The van der Waals surface area contributed by atoms with E-state index in [1.54, 1.807) is 19.1 Å². The van der Waals surface area contributed by atoms with Gasteiger partial charge in [-0.3, -0.25) is 4.72 Å². The van der Waals surface area contributed by atoms with Crippen molar-refractivity contribution in [2.24, 2.45) is 16.8 Å². The maximum atomic E-state index is 13.3. The molecule has 0 radical (unpaired) electrons. The monoisotopic (exact) mass is 576 g/mol. The Bertz CT molecular complexity index is 1650. The molecule has 0 aliphatic carbocycles. The number of sulfonamides is 1. The van der Waals surface area contributed by atoms with Crippen molar-refractivity contribution in [1.82, 2.24) is 24.6 Å². The van der Waals surface area contributed by atoms with Crippen LogP contribution in [0.4, 0.5) is 17.6 Å². The molecule has 3 aromatic rings. The number of aliphatic imine (C=N–C) groups is 1. The van der Waals surface area contributed by atoms with Crippen molar-refractivity contribution in [2.75, 3.05) is 20.2 Å². The molecule has 0 saturated carbocycles. The van der Waals surface area contributed by atoms with Crippen LogP contribution in [0.1, 0.15) is 18.3 Å². The molecule has 210 valence electrons. The first-order valence-electron chi connectivity index (χ1n) is 11.8. The Morgan fingerprint density at radius 1 is 1.25 bits per heavy atom. The molecule has 0 bridgehead atoms. The fraction of sp³-hybridized carbons (Fsp3) is 0.269. The van der Waals surface area contributed by atoms with Gasteiger partial charge in [-0.05, 0) is 67.6 Å². The Morgan fingerprint density at radius 3 is 2.62 bits per heavy atom. The molecule has 1 saturated heterocycles. The number of halogens is 4. The summed E-state index contributed by atoms with van der Waals surface area (Å²) in [4.78, 5) is 7.74. The van der Waals surface area contributed by atoms with E-state index < -0.39 is 33.9 Å². The van der Waals surface area contributed by atoms with Gasteiger partial charge >= 0.3 is 6.18 Å². The third-order valence-electron chi connectivity index (χ3n) is 6.08. The summed E-state index contributed by atoms with van der Waals surface area (Å²) >= 11 is 0. The van der Waals surface area contributed by atoms with Crippen LogP contribution in [0.5, 0.6) is 0 Å². The van der Waals surface area contributed by atoms with Crippen molar-refractivity contribution in [3.8, 4) is 11.8 Å². The van der Waals surface area contributed by atoms with Crippen LogP contribution >= 0.6 is 0 Å². The summed E-state index contributed by atoms with van der Waals surface area (Å²) in [5.74, 6) is 2.26. The molecule has 14 heteroatoms. The van der Waals surface area contributed by atoms with Crippen LogP contribution < -0.4 is 10.0 Å². The standard InChI is InChI=1S/C26H24F4N6O3S/c1-16(12-23(25(31-2)39-3)35-40(37,38)20-8-5-18(27)6-9-20)22-10-11-24-33-14-19(36(24)34-22)7-4-17-13-32-15-21(17)26(28,29)30/h5-6,8-12,14,17,21,32,35H,2,13,15H2,1,3H3/b16-12+,25-23-. The van der Waals surface area contributed by atoms with Gasteiger partial charge in [-0.2, -0.15) is 18.3 Å². The fourth-order valence-corrected chi connectivity index (χ4v) is 5.06. The van der Waals surface area contributed by atoms with E-state index >= 15 is 0 Å². The van der Waals surface area contributed by atoms with E-state index in [2.05, 4.69) is 43.7 Å². The number of imidazole rings is 1. The molecule has 1 aliphatic rings. The molecule has 3 heterocycles. The first kappa shape index (κ1) is 28.8. The normalized spacial score (nSPS) is 18.6. The van der Waals surface area contributed by atoms with Crippen LogP contribution in [-0.2, 0) is 14.8 Å². The van der Waals surface area contributed by atoms with Crippen molar-refractivity contribution < 1.29 is 30.7 Å². The summed E-state index contributed by atoms with van der Waals surface area (Å²) < 4.78 is 87.9. The zero-order valence-electron chi connectivity index (χ0n) is 21.3. The minimum absolute atomic E-state index is 0.0706. The summed E-state index contributed by atoms with van der Waals surface area (Å²) in [5, 5.41) is 7.22. The third-order valence-corrected chi connectivity index (χ3v) is 7.46. The summed E-state index contributed by atoms with van der Waals surface area (Å²) in [6, 6.07) is 7.50. The molecule has 1 fully saturated rings. The lowest BCUT2D eigenvalue weighted by Crippen LogP contribution is -2.29. The Hall–Kier alpha value is -4.22. The molecule has 2 aromatic heterocycles. The highest BCUT2D eigenvalue weighted by atomic mass is 32.2. The van der Waals surface area contributed by atoms with Crippen molar-refractivity contribution in [3.05, 3.63) is 77.5 Å². The van der Waals surface area contributed by atoms with E-state index in [0.29, 0.717) is 16.9 Å². The summed E-state index contributed by atoms with van der Waals surface area (Å²) in [5.41, 5.74) is 1.47. The van der Waals surface area contributed by atoms with Gasteiger partial charge in [0.1, 0.15) is 17.2 Å². The highest BCUT2D eigenvalue weighted by Gasteiger charge is 2.46. The van der Waals surface area contributed by atoms with Crippen molar-refractivity contribution in [3.63, 3.8) is 0 Å². The van der Waals surface area contributed by atoms with Crippen LogP contribution in [0.25, 0.3) is 11.2 Å². The van der Waals surface area contributed by atoms with Gasteiger partial charge in [0.2, 0.25) is 5.88 Å². The lowest BCUT2D eigenvalue weighted by Gasteiger charge is -2.16. The first-order chi connectivity index (χ1) is 18.9. The molecule has 2 atom stereocenters. The third kappa shape index (κ3) is 6.32. The van der Waals surface area contributed by atoms with Gasteiger partial charge in [-0.25, -0.2) is 27.3 Å². The fourth-order valence-electron chi connectivity index (χ4n) is 4.01. The molecule has 1 aliphatic heterocycles. The molecule has 4 rings (SSSR count). The molecule has 9 nitrogen and oxygen atoms in total. The van der Waals surface area contributed by atoms with Gasteiger partial charge < -0.3 is 10.1 Å². The van der Waals surface area contributed by atoms with Crippen LogP contribution in [0.3, 0.4) is 0 Å². The number of benzene rings is 1. The number of methoxy groups -OCH3 is 1. The van der Waals surface area contributed by atoms with Gasteiger partial charge in [0, 0.05) is 19.0 Å². The topological polar surface area (TPSA) is 110 Å². The molecular weight excluding hydrogens is 552 g/mol. The number of nitrogens with zero attached hydrogens (tertiary/aromatic N) is 4. The lowest BCUT2D eigenvalue weighted by molar-refractivity contribution is -0.174. The van der Waals surface area contributed by atoms with Crippen LogP contribution in [0.2, 0.25) is 0 Å². The number of rotatable bonds is 7. The Balaban J connectivity index is 1.67. The molecular formula is C26H24F4N6O3S. The van der Waals surface area contributed by atoms with Crippen molar-refractivity contribution in [2.45, 2.75) is 18.0 Å². The SMILES string of the molecule is C=N/C(OC)=C(\C=C(/C)c1ccc2ncc(C#CC3CNCC3C(F)(F)F)n2n1)NS(=O)(=O)c1ccc(F)cc1. The quantitative estimate of drug-likeness (QED) is 0.147. The second-order valence-corrected chi connectivity index (χ2v) is 10.5. The van der Waals surface area contributed by atoms with E-state index in [1.165, 1.54) is 23.9 Å². The van der Waals surface area contributed by atoms with Crippen LogP contribution in [0, 0.1) is 29.5 Å². The zero-order valence-corrected chi connectivity index (χ0v) is 22.1. The maximum absolute atomic E-state index is 13.3. The zero-order chi connectivity index (χ0) is 29.1. The van der Waals surface area contributed by atoms with Gasteiger partial charge in [0.15, 0.2) is 5.65 Å². The highest BCUT2D eigenvalue weighted by Crippen LogP contribution is 2.34. The number of allylic oxidation sites excluding steroid dienone is 2. The van der Waals surface area contributed by atoms with E-state index in [0.717, 1.165) is 24.3 Å². The number of alkyl halides is 3. The van der Waals surface area contributed by atoms with E-state index in [9.17, 15) is 26.0 Å². The van der Waals surface area contributed by atoms with Gasteiger partial charge in [0.05, 0.1) is 29.8 Å². The predicted molar refractivity (Wildman–Crippen MR) is 140 cm³/mol. The number of fused-ring (bicyclic) bond motifs is 1. The highest BCUT2D eigenvalue weighted by molar-refractivity contribution is 7.89. The van der Waals surface area contributed by atoms with E-state index in [-0.39, 0.29) is 35.3 Å². The minimum Gasteiger partial charge on any atom is -0.480 e. The van der Waals surface area contributed by atoms with Crippen molar-refractivity contribution >= 4 is 28.0 Å². The summed E-state index contributed by atoms with van der Waals surface area (Å²) in [7, 11) is -2.88. The number of hydrogen-bond donors (Lipinski definition) is 2. The second-order valence-electron chi connectivity index (χ2n) is 8.78. The Labute approximate surface area is 227 Å². The molecule has 2 unspecified atom stereocenters. The molecule has 0 amide bonds. The van der Waals surface area contributed by atoms with E-state index in [4.69, 9.17) is 4.74 Å². The van der Waals surface area contributed by atoms with Crippen molar-refractivity contribution in [1.29, 1.82) is 0 Å². The van der Waals surface area contributed by atoms with Gasteiger partial charge in [-0.15, -0.1) is 0 Å².